The van der Waals surface area contributed by atoms with Crippen LogP contribution in [0.25, 0.3) is 77.2 Å². The Labute approximate surface area is 344 Å². The van der Waals surface area contributed by atoms with Gasteiger partial charge in [0, 0.05) is 50.0 Å². The Balaban J connectivity index is 1.11. The maximum absolute atomic E-state index is 2.48. The first-order chi connectivity index (χ1) is 29.1. The lowest BCUT2D eigenvalue weighted by atomic mass is 10.00. The van der Waals surface area contributed by atoms with Crippen molar-refractivity contribution in [2.45, 2.75) is 13.8 Å². The van der Waals surface area contributed by atoms with E-state index in [-0.39, 0.29) is 0 Å². The standard InChI is InChI=1S/C56H41N3/c1-38-13-10-18-46(35-38)57(47-19-11-14-39(2)36-47)44-29-31-45(32-30-44)58-53-23-8-6-21-49(53)51-33-34-52-50-22-7-9-24-54(50)59(56(52)55(51)58)48-20-12-17-43(37-48)42-27-25-41(26-28-42)40-15-4-3-5-16-40/h3-37H,1-2H3. The molecule has 0 aliphatic rings. The lowest BCUT2D eigenvalue weighted by molar-refractivity contribution is 1.15. The minimum atomic E-state index is 1.11. The Bertz CT molecular complexity index is 3290. The van der Waals surface area contributed by atoms with Crippen molar-refractivity contribution >= 4 is 60.7 Å². The lowest BCUT2D eigenvalue weighted by Crippen LogP contribution is -2.10. The zero-order valence-corrected chi connectivity index (χ0v) is 33.0. The van der Waals surface area contributed by atoms with Crippen LogP contribution in [0.4, 0.5) is 17.1 Å². The molecule has 0 saturated heterocycles. The van der Waals surface area contributed by atoms with Gasteiger partial charge in [0.1, 0.15) is 0 Å². The second-order valence-corrected chi connectivity index (χ2v) is 15.6. The largest absolute Gasteiger partial charge is 0.310 e. The third-order valence-electron chi connectivity index (χ3n) is 11.8. The van der Waals surface area contributed by atoms with Gasteiger partial charge < -0.3 is 14.0 Å². The summed E-state index contributed by atoms with van der Waals surface area (Å²) in [4.78, 5) is 2.36. The molecule has 0 amide bonds. The Morgan fingerprint density at radius 2 is 0.780 bits per heavy atom. The Hall–Kier alpha value is -7.62. The molecule has 0 aliphatic carbocycles. The molecule has 2 heterocycles. The number of fused-ring (bicyclic) bond motifs is 7. The second kappa shape index (κ2) is 14.1. The summed E-state index contributed by atoms with van der Waals surface area (Å²) in [7, 11) is 0. The molecule has 0 atom stereocenters. The monoisotopic (exact) mass is 755 g/mol. The normalized spacial score (nSPS) is 11.6. The zero-order valence-electron chi connectivity index (χ0n) is 33.0. The zero-order chi connectivity index (χ0) is 39.5. The average molecular weight is 756 g/mol. The molecule has 11 aromatic rings. The van der Waals surface area contributed by atoms with Crippen LogP contribution < -0.4 is 4.90 Å². The number of anilines is 3. The number of aromatic nitrogens is 2. The molecule has 2 aromatic heterocycles. The summed E-state index contributed by atoms with van der Waals surface area (Å²) >= 11 is 0. The first-order valence-corrected chi connectivity index (χ1v) is 20.3. The molecule has 3 heteroatoms. The predicted octanol–water partition coefficient (Wildman–Crippen LogP) is 15.3. The van der Waals surface area contributed by atoms with Crippen molar-refractivity contribution in [3.8, 4) is 33.6 Å². The Morgan fingerprint density at radius 1 is 0.305 bits per heavy atom. The summed E-state index contributed by atoms with van der Waals surface area (Å²) in [5.74, 6) is 0. The number of rotatable bonds is 7. The number of para-hydroxylation sites is 2. The molecule has 0 radical (unpaired) electrons. The summed E-state index contributed by atoms with van der Waals surface area (Å²) in [5, 5.41) is 4.94. The van der Waals surface area contributed by atoms with Crippen molar-refractivity contribution in [2.24, 2.45) is 0 Å². The van der Waals surface area contributed by atoms with Crippen LogP contribution in [0.15, 0.2) is 212 Å². The molecule has 9 aromatic carbocycles. The van der Waals surface area contributed by atoms with Crippen LogP contribution in [0, 0.1) is 13.8 Å². The molecule has 280 valence electrons. The van der Waals surface area contributed by atoms with Crippen LogP contribution in [0.3, 0.4) is 0 Å². The molecule has 11 rings (SSSR count). The van der Waals surface area contributed by atoms with E-state index < -0.39 is 0 Å². The number of aryl methyl sites for hydroxylation is 2. The fourth-order valence-corrected chi connectivity index (χ4v) is 9.08. The van der Waals surface area contributed by atoms with Gasteiger partial charge in [-0.05, 0) is 120 Å². The van der Waals surface area contributed by atoms with E-state index >= 15 is 0 Å². The first kappa shape index (κ1) is 34.6. The van der Waals surface area contributed by atoms with Gasteiger partial charge in [0.2, 0.25) is 0 Å². The summed E-state index contributed by atoms with van der Waals surface area (Å²) in [6, 6.07) is 77.4. The lowest BCUT2D eigenvalue weighted by Gasteiger charge is -2.26. The van der Waals surface area contributed by atoms with Gasteiger partial charge in [-0.1, -0.05) is 140 Å². The van der Waals surface area contributed by atoms with Crippen molar-refractivity contribution in [1.29, 1.82) is 0 Å². The van der Waals surface area contributed by atoms with Gasteiger partial charge in [-0.25, -0.2) is 0 Å². The smallest absolute Gasteiger partial charge is 0.0788 e. The van der Waals surface area contributed by atoms with Crippen LogP contribution in [0.5, 0.6) is 0 Å². The highest BCUT2D eigenvalue weighted by atomic mass is 15.1. The van der Waals surface area contributed by atoms with Crippen LogP contribution in [-0.4, -0.2) is 9.13 Å². The van der Waals surface area contributed by atoms with Crippen LogP contribution >= 0.6 is 0 Å². The van der Waals surface area contributed by atoms with Crippen LogP contribution in [-0.2, 0) is 0 Å². The summed E-state index contributed by atoms with van der Waals surface area (Å²) in [5.41, 5.74) is 17.7. The number of hydrogen-bond acceptors (Lipinski definition) is 1. The topological polar surface area (TPSA) is 13.1 Å². The molecule has 0 saturated carbocycles. The predicted molar refractivity (Wildman–Crippen MR) is 250 cm³/mol. The molecular weight excluding hydrogens is 715 g/mol. The van der Waals surface area contributed by atoms with E-state index in [1.54, 1.807) is 0 Å². The van der Waals surface area contributed by atoms with Gasteiger partial charge in [-0.2, -0.15) is 0 Å². The highest BCUT2D eigenvalue weighted by molar-refractivity contribution is 6.23. The molecule has 0 N–H and O–H groups in total. The molecular formula is C56H41N3. The van der Waals surface area contributed by atoms with E-state index in [1.165, 1.54) is 77.0 Å². The van der Waals surface area contributed by atoms with Gasteiger partial charge in [-0.3, -0.25) is 0 Å². The quantitative estimate of drug-likeness (QED) is 0.158. The van der Waals surface area contributed by atoms with Crippen molar-refractivity contribution in [3.05, 3.63) is 223 Å². The van der Waals surface area contributed by atoms with Crippen LogP contribution in [0.2, 0.25) is 0 Å². The number of nitrogens with zero attached hydrogens (tertiary/aromatic N) is 3. The molecule has 0 bridgehead atoms. The SMILES string of the molecule is Cc1cccc(N(c2ccc(-n3c4ccccc4c4ccc5c6ccccc6n(-c6cccc(-c7ccc(-c8ccccc8)cc7)c6)c5c43)cc2)c2cccc(C)c2)c1. The molecule has 3 nitrogen and oxygen atoms in total. The molecule has 0 spiro atoms. The number of benzene rings is 9. The highest BCUT2D eigenvalue weighted by Crippen LogP contribution is 2.43. The fraction of sp³-hybridized carbons (Fsp3) is 0.0357. The third kappa shape index (κ3) is 5.90. The summed E-state index contributed by atoms with van der Waals surface area (Å²) in [6.07, 6.45) is 0. The minimum absolute atomic E-state index is 1.11. The van der Waals surface area contributed by atoms with E-state index in [0.29, 0.717) is 0 Å². The van der Waals surface area contributed by atoms with Gasteiger partial charge in [-0.15, -0.1) is 0 Å². The molecule has 0 aliphatic heterocycles. The van der Waals surface area contributed by atoms with Gasteiger partial charge in [0.15, 0.2) is 0 Å². The van der Waals surface area contributed by atoms with Crippen molar-refractivity contribution < 1.29 is 0 Å². The summed E-state index contributed by atoms with van der Waals surface area (Å²) < 4.78 is 4.96. The van der Waals surface area contributed by atoms with Crippen molar-refractivity contribution in [3.63, 3.8) is 0 Å². The Kier molecular flexibility index (Phi) is 8.27. The fourth-order valence-electron chi connectivity index (χ4n) is 9.08. The minimum Gasteiger partial charge on any atom is -0.310 e. The second-order valence-electron chi connectivity index (χ2n) is 15.6. The number of hydrogen-bond donors (Lipinski definition) is 0. The van der Waals surface area contributed by atoms with E-state index in [1.807, 2.05) is 0 Å². The third-order valence-corrected chi connectivity index (χ3v) is 11.8. The van der Waals surface area contributed by atoms with Gasteiger partial charge in [0.05, 0.1) is 22.1 Å². The van der Waals surface area contributed by atoms with Gasteiger partial charge in [0.25, 0.3) is 0 Å². The van der Waals surface area contributed by atoms with E-state index in [2.05, 4.69) is 240 Å². The van der Waals surface area contributed by atoms with E-state index in [9.17, 15) is 0 Å². The van der Waals surface area contributed by atoms with E-state index in [4.69, 9.17) is 0 Å². The van der Waals surface area contributed by atoms with Crippen molar-refractivity contribution in [1.82, 2.24) is 9.13 Å². The molecule has 0 fully saturated rings. The van der Waals surface area contributed by atoms with E-state index in [0.717, 1.165) is 28.4 Å². The average Bonchev–Trinajstić information content (AvgIpc) is 3.81. The first-order valence-electron chi connectivity index (χ1n) is 20.3. The highest BCUT2D eigenvalue weighted by Gasteiger charge is 2.22. The van der Waals surface area contributed by atoms with Gasteiger partial charge >= 0.3 is 0 Å². The Morgan fingerprint density at radius 3 is 1.36 bits per heavy atom. The maximum Gasteiger partial charge on any atom is 0.0788 e. The molecule has 59 heavy (non-hydrogen) atoms. The summed E-state index contributed by atoms with van der Waals surface area (Å²) in [6.45, 7) is 4.31. The van der Waals surface area contributed by atoms with Crippen molar-refractivity contribution in [2.75, 3.05) is 4.90 Å². The van der Waals surface area contributed by atoms with Crippen LogP contribution in [0.1, 0.15) is 11.1 Å². The molecule has 0 unspecified atom stereocenters. The maximum atomic E-state index is 2.48.